The number of aliphatic hydroxyl groups excluding tert-OH is 1. The number of carbonyl (C=O) groups is 1. The van der Waals surface area contributed by atoms with E-state index < -0.39 is 36.0 Å². The number of rotatable bonds is 3. The number of ether oxygens (including phenoxy) is 2. The lowest BCUT2D eigenvalue weighted by atomic mass is 10.1. The highest BCUT2D eigenvalue weighted by atomic mass is 19.3. The van der Waals surface area contributed by atoms with Gasteiger partial charge in [-0.05, 0) is 34.6 Å². The third-order valence-corrected chi connectivity index (χ3v) is 2.97. The first kappa shape index (κ1) is 17.1. The van der Waals surface area contributed by atoms with Gasteiger partial charge in [-0.1, -0.05) is 0 Å². The Kier molecular flexibility index (Phi) is 4.97. The zero-order chi connectivity index (χ0) is 15.7. The molecule has 1 aliphatic heterocycles. The molecule has 2 atom stereocenters. The second kappa shape index (κ2) is 5.81. The van der Waals surface area contributed by atoms with Gasteiger partial charge < -0.3 is 14.6 Å². The maximum Gasteiger partial charge on any atom is 0.412 e. The number of nitrogens with zero attached hydrogens (tertiary/aromatic N) is 1. The molecule has 5 nitrogen and oxygen atoms in total. The van der Waals surface area contributed by atoms with E-state index in [9.17, 15) is 18.7 Å². The fourth-order valence-corrected chi connectivity index (χ4v) is 2.12. The highest BCUT2D eigenvalue weighted by Crippen LogP contribution is 2.31. The van der Waals surface area contributed by atoms with Gasteiger partial charge in [-0.25, -0.2) is 13.6 Å². The van der Waals surface area contributed by atoms with Crippen LogP contribution in [0.4, 0.5) is 13.6 Å². The van der Waals surface area contributed by atoms with Crippen LogP contribution in [0.3, 0.4) is 0 Å². The van der Waals surface area contributed by atoms with Crippen molar-refractivity contribution in [3.05, 3.63) is 0 Å². The van der Waals surface area contributed by atoms with Crippen LogP contribution in [0, 0.1) is 0 Å². The second-order valence-corrected chi connectivity index (χ2v) is 6.40. The Hall–Kier alpha value is -0.950. The number of carbonyl (C=O) groups excluding carboxylic acids is 1. The summed E-state index contributed by atoms with van der Waals surface area (Å²) in [5.41, 5.74) is -1.64. The number of amides is 1. The summed E-state index contributed by atoms with van der Waals surface area (Å²) in [5, 5.41) is 9.30. The van der Waals surface area contributed by atoms with Crippen molar-refractivity contribution in [1.82, 2.24) is 4.90 Å². The van der Waals surface area contributed by atoms with Gasteiger partial charge in [-0.3, -0.25) is 4.90 Å². The summed E-state index contributed by atoms with van der Waals surface area (Å²) in [6, 6.07) is -0.635. The maximum absolute atomic E-state index is 12.4. The fourth-order valence-electron chi connectivity index (χ4n) is 2.12. The molecule has 0 radical (unpaired) electrons. The molecule has 1 rings (SSSR count). The van der Waals surface area contributed by atoms with E-state index >= 15 is 0 Å². The Bertz CT molecular complexity index is 355. The lowest BCUT2D eigenvalue weighted by Crippen LogP contribution is -2.50. The predicted octanol–water partition coefficient (Wildman–Crippen LogP) is 2.37. The van der Waals surface area contributed by atoms with Crippen LogP contribution in [0.25, 0.3) is 0 Å². The molecule has 0 aliphatic carbocycles. The van der Waals surface area contributed by atoms with E-state index in [2.05, 4.69) is 0 Å². The molecular weight excluding hydrogens is 272 g/mol. The van der Waals surface area contributed by atoms with Crippen LogP contribution in [-0.4, -0.2) is 52.6 Å². The van der Waals surface area contributed by atoms with Crippen molar-refractivity contribution in [2.24, 2.45) is 0 Å². The molecule has 0 unspecified atom stereocenters. The maximum atomic E-state index is 12.4. The Balaban J connectivity index is 2.83. The minimum absolute atomic E-state index is 0.0933. The van der Waals surface area contributed by atoms with E-state index in [4.69, 9.17) is 9.47 Å². The minimum Gasteiger partial charge on any atom is -0.444 e. The Morgan fingerprint density at radius 2 is 2.05 bits per heavy atom. The summed E-state index contributed by atoms with van der Waals surface area (Å²) < 4.78 is 35.6. The average molecular weight is 295 g/mol. The normalized spacial score (nSPS) is 24.1. The SMILES string of the molecule is CC(C)(C)OC(=O)N1[C@@H](C[C@H](O)C(F)F)COC1(C)C. The van der Waals surface area contributed by atoms with Crippen molar-refractivity contribution in [1.29, 1.82) is 0 Å². The van der Waals surface area contributed by atoms with Crippen LogP contribution >= 0.6 is 0 Å². The topological polar surface area (TPSA) is 59.0 Å². The molecule has 0 saturated carbocycles. The van der Waals surface area contributed by atoms with E-state index in [1.165, 1.54) is 4.90 Å². The van der Waals surface area contributed by atoms with E-state index in [1.807, 2.05) is 0 Å². The summed E-state index contributed by atoms with van der Waals surface area (Å²) in [7, 11) is 0. The molecule has 1 saturated heterocycles. The Morgan fingerprint density at radius 3 is 2.50 bits per heavy atom. The van der Waals surface area contributed by atoms with Gasteiger partial charge in [0.15, 0.2) is 0 Å². The largest absolute Gasteiger partial charge is 0.444 e. The summed E-state index contributed by atoms with van der Waals surface area (Å²) in [6.45, 7) is 8.57. The molecule has 0 aromatic rings. The smallest absolute Gasteiger partial charge is 0.412 e. The first-order chi connectivity index (χ1) is 8.94. The predicted molar refractivity (Wildman–Crippen MR) is 68.5 cm³/mol. The number of alkyl halides is 2. The van der Waals surface area contributed by atoms with Crippen molar-refractivity contribution in [3.8, 4) is 0 Å². The summed E-state index contributed by atoms with van der Waals surface area (Å²) in [4.78, 5) is 13.5. The molecule has 1 amide bonds. The van der Waals surface area contributed by atoms with Crippen molar-refractivity contribution < 1.29 is 28.2 Å². The number of halogens is 2. The molecule has 1 N–H and O–H groups in total. The molecule has 118 valence electrons. The van der Waals surface area contributed by atoms with Crippen LogP contribution < -0.4 is 0 Å². The van der Waals surface area contributed by atoms with E-state index in [-0.39, 0.29) is 13.0 Å². The van der Waals surface area contributed by atoms with Gasteiger partial charge in [-0.2, -0.15) is 0 Å². The molecule has 0 bridgehead atoms. The molecule has 1 fully saturated rings. The van der Waals surface area contributed by atoms with Crippen LogP contribution in [0.1, 0.15) is 41.0 Å². The molecule has 7 heteroatoms. The van der Waals surface area contributed by atoms with Crippen molar-refractivity contribution in [3.63, 3.8) is 0 Å². The van der Waals surface area contributed by atoms with Gasteiger partial charge in [0.05, 0.1) is 12.6 Å². The van der Waals surface area contributed by atoms with Crippen LogP contribution in [0.15, 0.2) is 0 Å². The quantitative estimate of drug-likeness (QED) is 0.868. The van der Waals surface area contributed by atoms with E-state index in [0.717, 1.165) is 0 Å². The zero-order valence-electron chi connectivity index (χ0n) is 12.5. The minimum atomic E-state index is -2.85. The van der Waals surface area contributed by atoms with E-state index in [0.29, 0.717) is 0 Å². The molecule has 20 heavy (non-hydrogen) atoms. The van der Waals surface area contributed by atoms with Gasteiger partial charge in [0.1, 0.15) is 17.4 Å². The standard InChI is InChI=1S/C13H23F2NO4/c1-12(2,3)20-11(18)16-8(6-9(17)10(14)15)7-19-13(16,4)5/h8-10,17H,6-7H2,1-5H3/t8-,9-/m0/s1. The van der Waals surface area contributed by atoms with Crippen molar-refractivity contribution >= 4 is 6.09 Å². The second-order valence-electron chi connectivity index (χ2n) is 6.40. The fraction of sp³-hybridized carbons (Fsp3) is 0.923. The molecule has 1 aliphatic rings. The monoisotopic (exact) mass is 295 g/mol. The van der Waals surface area contributed by atoms with Crippen LogP contribution in [0.5, 0.6) is 0 Å². The number of hydrogen-bond acceptors (Lipinski definition) is 4. The Labute approximate surface area is 117 Å². The molecule has 0 spiro atoms. The number of aliphatic hydroxyl groups is 1. The summed E-state index contributed by atoms with van der Waals surface area (Å²) in [5.74, 6) is 0. The van der Waals surface area contributed by atoms with Gasteiger partial charge in [0, 0.05) is 6.42 Å². The lowest BCUT2D eigenvalue weighted by molar-refractivity contribution is -0.0671. The summed E-state index contributed by atoms with van der Waals surface area (Å²) >= 11 is 0. The molecule has 0 aromatic heterocycles. The van der Waals surface area contributed by atoms with Gasteiger partial charge in [0.2, 0.25) is 0 Å². The molecule has 0 aromatic carbocycles. The molecular formula is C13H23F2NO4. The first-order valence-electron chi connectivity index (χ1n) is 6.56. The van der Waals surface area contributed by atoms with Gasteiger partial charge >= 0.3 is 6.09 Å². The highest BCUT2D eigenvalue weighted by Gasteiger charge is 2.46. The van der Waals surface area contributed by atoms with Gasteiger partial charge in [-0.15, -0.1) is 0 Å². The summed E-state index contributed by atoms with van der Waals surface area (Å²) in [6.07, 6.45) is -5.52. The van der Waals surface area contributed by atoms with Gasteiger partial charge in [0.25, 0.3) is 6.43 Å². The van der Waals surface area contributed by atoms with Crippen LogP contribution in [-0.2, 0) is 9.47 Å². The van der Waals surface area contributed by atoms with Crippen LogP contribution in [0.2, 0.25) is 0 Å². The third-order valence-electron chi connectivity index (χ3n) is 2.97. The van der Waals surface area contributed by atoms with Crippen molar-refractivity contribution in [2.45, 2.75) is 70.9 Å². The first-order valence-corrected chi connectivity index (χ1v) is 6.56. The average Bonchev–Trinajstić information content (AvgIpc) is 2.51. The highest BCUT2D eigenvalue weighted by molar-refractivity contribution is 5.69. The van der Waals surface area contributed by atoms with Crippen molar-refractivity contribution in [2.75, 3.05) is 6.61 Å². The number of hydrogen-bond donors (Lipinski definition) is 1. The zero-order valence-corrected chi connectivity index (χ0v) is 12.5. The van der Waals surface area contributed by atoms with E-state index in [1.54, 1.807) is 34.6 Å². The molecule has 1 heterocycles. The lowest BCUT2D eigenvalue weighted by Gasteiger charge is -2.35. The third kappa shape index (κ3) is 4.28. The Morgan fingerprint density at radius 1 is 1.50 bits per heavy atom.